The molecule has 0 aliphatic heterocycles. The maximum absolute atomic E-state index is 12.8. The molecule has 0 unspecified atom stereocenters. The van der Waals surface area contributed by atoms with Gasteiger partial charge in [-0.2, -0.15) is 0 Å². The van der Waals surface area contributed by atoms with E-state index in [9.17, 15) is 9.59 Å². The number of rotatable bonds is 17. The van der Waals surface area contributed by atoms with Gasteiger partial charge in [0.25, 0.3) is 11.8 Å². The third-order valence-electron chi connectivity index (χ3n) is 5.93. The van der Waals surface area contributed by atoms with Gasteiger partial charge >= 0.3 is 0 Å². The Hall–Kier alpha value is -1.44. The highest BCUT2D eigenvalue weighted by Crippen LogP contribution is 2.17. The summed E-state index contributed by atoms with van der Waals surface area (Å²) in [6.45, 7) is 8.27. The van der Waals surface area contributed by atoms with Crippen molar-refractivity contribution in [3.63, 3.8) is 0 Å². The van der Waals surface area contributed by atoms with Gasteiger partial charge in [0.05, 0.1) is 20.8 Å². The van der Waals surface area contributed by atoms with Crippen molar-refractivity contribution in [2.45, 2.75) is 48.9 Å². The summed E-state index contributed by atoms with van der Waals surface area (Å²) in [4.78, 5) is 38.5. The number of unbranched alkanes of at least 4 members (excludes halogenated alkanes) is 2. The van der Waals surface area contributed by atoms with Crippen molar-refractivity contribution >= 4 is 62.3 Å². The van der Waals surface area contributed by atoms with Crippen LogP contribution in [0, 0.1) is 0 Å². The molecule has 2 amide bonds. The maximum Gasteiger partial charge on any atom is 0.251 e. The molecule has 0 bridgehead atoms. The fourth-order valence-electron chi connectivity index (χ4n) is 3.66. The summed E-state index contributed by atoms with van der Waals surface area (Å²) >= 11 is 17.6. The van der Waals surface area contributed by atoms with Crippen LogP contribution in [0.5, 0.6) is 0 Å². The number of carbonyl (C=O) groups is 2. The summed E-state index contributed by atoms with van der Waals surface area (Å²) in [5, 5.41) is 5.89. The van der Waals surface area contributed by atoms with E-state index in [1.807, 2.05) is 0 Å². The molecule has 210 valence electrons. The molecule has 12 heteroatoms. The molecule has 38 heavy (non-hydrogen) atoms. The van der Waals surface area contributed by atoms with Crippen LogP contribution in [0.2, 0.25) is 0 Å². The van der Waals surface area contributed by atoms with E-state index in [4.69, 9.17) is 0 Å². The normalized spacial score (nSPS) is 11.5. The van der Waals surface area contributed by atoms with Crippen molar-refractivity contribution < 1.29 is 9.59 Å². The lowest BCUT2D eigenvalue weighted by Crippen LogP contribution is -2.37. The topological polar surface area (TPSA) is 90.5 Å². The van der Waals surface area contributed by atoms with Crippen LogP contribution in [0.15, 0.2) is 36.7 Å². The highest BCUT2D eigenvalue weighted by Gasteiger charge is 2.15. The summed E-state index contributed by atoms with van der Waals surface area (Å²) in [6, 6.07) is 6.67. The fraction of sp³-hybridized carbons (Fsp3) is 0.538. The molecule has 2 aromatic rings. The molecule has 2 rings (SSSR count). The summed E-state index contributed by atoms with van der Waals surface area (Å²) in [5.74, 6) is -0.403. The van der Waals surface area contributed by atoms with Crippen molar-refractivity contribution in [1.82, 2.24) is 30.4 Å². The van der Waals surface area contributed by atoms with E-state index < -0.39 is 0 Å². The number of hydrogen-bond acceptors (Lipinski definition) is 10. The van der Waals surface area contributed by atoms with Gasteiger partial charge in [0, 0.05) is 62.8 Å². The number of amides is 2. The van der Waals surface area contributed by atoms with Crippen LogP contribution >= 0.6 is 50.5 Å². The predicted molar refractivity (Wildman–Crippen MR) is 169 cm³/mol. The van der Waals surface area contributed by atoms with Crippen molar-refractivity contribution in [3.8, 4) is 11.4 Å². The van der Waals surface area contributed by atoms with Gasteiger partial charge < -0.3 is 10.6 Å². The average Bonchev–Trinajstić information content (AvgIpc) is 2.92. The van der Waals surface area contributed by atoms with Gasteiger partial charge in [-0.15, -0.1) is 50.5 Å². The Kier molecular flexibility index (Phi) is 15.5. The molecule has 2 heterocycles. The molecular formula is C26H40N6O2S4. The second-order valence-electron chi connectivity index (χ2n) is 8.84. The van der Waals surface area contributed by atoms with Crippen LogP contribution < -0.4 is 10.6 Å². The van der Waals surface area contributed by atoms with E-state index in [2.05, 4.69) is 94.8 Å². The standard InChI is InChI=1S/C26H40N6O2S4/c1-3-5-13-31(25(35)36)15-11-29-23(33)19-7-9-27-21(17-19)22-18-20(8-10-28-22)24(34)30-12-16-32(26(37)38)14-6-4-2/h7-10,17-18,25-26,35-38H,3-6,11-16H2,1-2H3,(H,29,33)(H,30,34). The largest absolute Gasteiger partial charge is 0.351 e. The Labute approximate surface area is 248 Å². The van der Waals surface area contributed by atoms with Gasteiger partial charge in [0.2, 0.25) is 0 Å². The summed E-state index contributed by atoms with van der Waals surface area (Å²) in [5.41, 5.74) is 1.98. The second-order valence-corrected chi connectivity index (χ2v) is 11.6. The molecule has 0 radical (unpaired) electrons. The Morgan fingerprint density at radius 1 is 0.737 bits per heavy atom. The first kappa shape index (κ1) is 32.8. The van der Waals surface area contributed by atoms with Crippen LogP contribution in [0.1, 0.15) is 60.2 Å². The van der Waals surface area contributed by atoms with Crippen LogP contribution in [0.25, 0.3) is 11.4 Å². The van der Waals surface area contributed by atoms with E-state index in [1.165, 1.54) is 0 Å². The number of nitrogens with zero attached hydrogens (tertiary/aromatic N) is 4. The quantitative estimate of drug-likeness (QED) is 0.122. The molecule has 0 aliphatic rings. The van der Waals surface area contributed by atoms with Crippen LogP contribution in [0.3, 0.4) is 0 Å². The van der Waals surface area contributed by atoms with E-state index in [0.29, 0.717) is 48.7 Å². The minimum atomic E-state index is -0.202. The monoisotopic (exact) mass is 596 g/mol. The zero-order valence-electron chi connectivity index (χ0n) is 22.1. The lowest BCUT2D eigenvalue weighted by Gasteiger charge is -2.24. The zero-order chi connectivity index (χ0) is 27.9. The first-order valence-electron chi connectivity index (χ1n) is 13.0. The van der Waals surface area contributed by atoms with Gasteiger partial charge in [0.15, 0.2) is 0 Å². The number of pyridine rings is 2. The third kappa shape index (κ3) is 11.4. The molecule has 8 nitrogen and oxygen atoms in total. The molecule has 2 N–H and O–H groups in total. The summed E-state index contributed by atoms with van der Waals surface area (Å²) < 4.78 is -0.353. The number of hydrogen-bond donors (Lipinski definition) is 6. The first-order chi connectivity index (χ1) is 18.3. The van der Waals surface area contributed by atoms with Crippen LogP contribution in [-0.4, -0.2) is 80.3 Å². The Morgan fingerprint density at radius 2 is 1.13 bits per heavy atom. The third-order valence-corrected chi connectivity index (χ3v) is 7.23. The number of carbonyl (C=O) groups excluding carboxylic acids is 2. The van der Waals surface area contributed by atoms with Gasteiger partial charge in [-0.05, 0) is 37.1 Å². The minimum absolute atomic E-state index is 0.176. The Bertz CT molecular complexity index is 932. The van der Waals surface area contributed by atoms with Crippen molar-refractivity contribution in [1.29, 1.82) is 0 Å². The van der Waals surface area contributed by atoms with Crippen molar-refractivity contribution in [3.05, 3.63) is 47.8 Å². The molecule has 2 aromatic heterocycles. The van der Waals surface area contributed by atoms with E-state index in [0.717, 1.165) is 38.8 Å². The SMILES string of the molecule is CCCCN(CCNC(=O)c1ccnc(-c2cc(C(=O)NCCN(CCCC)C(S)S)ccn2)c1)C(S)S. The Balaban J connectivity index is 1.98. The summed E-state index contributed by atoms with van der Waals surface area (Å²) in [7, 11) is 0. The van der Waals surface area contributed by atoms with Gasteiger partial charge in [-0.1, -0.05) is 26.7 Å². The molecule has 0 spiro atoms. The molecule has 0 atom stereocenters. The van der Waals surface area contributed by atoms with E-state index >= 15 is 0 Å². The number of nitrogens with one attached hydrogen (secondary N) is 2. The van der Waals surface area contributed by atoms with Crippen molar-refractivity contribution in [2.24, 2.45) is 0 Å². The number of aromatic nitrogens is 2. The van der Waals surface area contributed by atoms with Gasteiger partial charge in [0.1, 0.15) is 0 Å². The maximum atomic E-state index is 12.8. The van der Waals surface area contributed by atoms with Crippen molar-refractivity contribution in [2.75, 3.05) is 39.3 Å². The van der Waals surface area contributed by atoms with Gasteiger partial charge in [-0.25, -0.2) is 0 Å². The minimum Gasteiger partial charge on any atom is -0.351 e. The van der Waals surface area contributed by atoms with Crippen LogP contribution in [0.4, 0.5) is 0 Å². The first-order valence-corrected chi connectivity index (χ1v) is 15.0. The lowest BCUT2D eigenvalue weighted by molar-refractivity contribution is 0.0940. The highest BCUT2D eigenvalue weighted by molar-refractivity contribution is 7.99. The molecule has 0 saturated carbocycles. The zero-order valence-corrected chi connectivity index (χ0v) is 25.7. The predicted octanol–water partition coefficient (Wildman–Crippen LogP) is 4.09. The molecule has 0 aromatic carbocycles. The lowest BCUT2D eigenvalue weighted by atomic mass is 10.1. The number of thiol groups is 4. The van der Waals surface area contributed by atoms with Gasteiger partial charge in [-0.3, -0.25) is 29.4 Å². The second kappa shape index (κ2) is 18.0. The highest BCUT2D eigenvalue weighted by atomic mass is 32.2. The molecule has 0 fully saturated rings. The van der Waals surface area contributed by atoms with E-state index in [-0.39, 0.29) is 21.2 Å². The Morgan fingerprint density at radius 3 is 1.47 bits per heavy atom. The average molecular weight is 597 g/mol. The molecule has 0 aliphatic carbocycles. The van der Waals surface area contributed by atoms with E-state index in [1.54, 1.807) is 36.7 Å². The summed E-state index contributed by atoms with van der Waals surface area (Å²) in [6.07, 6.45) is 7.40. The molecular weight excluding hydrogens is 557 g/mol. The molecule has 0 saturated heterocycles. The van der Waals surface area contributed by atoms with Crippen LogP contribution in [-0.2, 0) is 0 Å². The fourth-order valence-corrected chi connectivity index (χ4v) is 4.59. The smallest absolute Gasteiger partial charge is 0.251 e.